The number of hydrogen-bond donors (Lipinski definition) is 2. The Bertz CT molecular complexity index is 1160. The Balaban J connectivity index is 0.00000204. The van der Waals surface area contributed by atoms with Gasteiger partial charge in [0.15, 0.2) is 23.1 Å². The van der Waals surface area contributed by atoms with Crippen LogP contribution in [-0.2, 0) is 6.54 Å². The maximum atomic E-state index is 10.0. The Labute approximate surface area is 211 Å². The predicted molar refractivity (Wildman–Crippen MR) is 134 cm³/mol. The lowest BCUT2D eigenvalue weighted by Crippen LogP contribution is -2.22. The van der Waals surface area contributed by atoms with Gasteiger partial charge < -0.3 is 25.0 Å². The molecule has 1 saturated heterocycles. The molecule has 4 heterocycles. The molecule has 1 fully saturated rings. The van der Waals surface area contributed by atoms with Gasteiger partial charge in [-0.1, -0.05) is 5.92 Å². The molecular weight excluding hydrogens is 481 g/mol. The number of imidazole rings is 1. The molecule has 0 bridgehead atoms. The van der Waals surface area contributed by atoms with E-state index >= 15 is 0 Å². The number of aryl methyl sites for hydroxylation is 1. The molecule has 4 rings (SSSR count). The topological polar surface area (TPSA) is 128 Å². The van der Waals surface area contributed by atoms with E-state index in [1.54, 1.807) is 20.0 Å². The van der Waals surface area contributed by atoms with Crippen LogP contribution in [0.1, 0.15) is 45.7 Å². The van der Waals surface area contributed by atoms with Crippen LogP contribution in [0.5, 0.6) is 5.75 Å². The molecule has 0 spiro atoms. The highest BCUT2D eigenvalue weighted by Crippen LogP contribution is 2.33. The van der Waals surface area contributed by atoms with Gasteiger partial charge in [0.25, 0.3) is 0 Å². The summed E-state index contributed by atoms with van der Waals surface area (Å²) in [7, 11) is 0. The standard InChI is InChI=1S/C22H29N7O3.2ClH/c1-4-29-19-16(31-13-7-12-28-10-5-6-11-28)14-24-15(8-9-22(2,3)30)17(19)25-21(29)18-20(23)27-32-26-18;;/h14,30H,4-7,10-13H2,1-3H3,(H2,23,27);2*1H. The number of hydrogen-bond acceptors (Lipinski definition) is 9. The Morgan fingerprint density at radius 3 is 2.59 bits per heavy atom. The third-order valence-electron chi connectivity index (χ3n) is 5.34. The van der Waals surface area contributed by atoms with Crippen LogP contribution < -0.4 is 10.5 Å². The quantitative estimate of drug-likeness (QED) is 0.363. The van der Waals surface area contributed by atoms with Gasteiger partial charge in [-0.05, 0) is 69.4 Å². The summed E-state index contributed by atoms with van der Waals surface area (Å²) in [6.45, 7) is 9.74. The Morgan fingerprint density at radius 2 is 1.97 bits per heavy atom. The number of nitrogen functional groups attached to an aromatic ring is 1. The van der Waals surface area contributed by atoms with Crippen molar-refractivity contribution in [3.05, 3.63) is 11.9 Å². The van der Waals surface area contributed by atoms with Crippen molar-refractivity contribution < 1.29 is 14.5 Å². The number of nitrogens with two attached hydrogens (primary N) is 1. The first-order valence-electron chi connectivity index (χ1n) is 11.0. The monoisotopic (exact) mass is 511 g/mol. The van der Waals surface area contributed by atoms with Gasteiger partial charge in [-0.15, -0.1) is 24.8 Å². The van der Waals surface area contributed by atoms with Gasteiger partial charge >= 0.3 is 0 Å². The fraction of sp³-hybridized carbons (Fsp3) is 0.545. The summed E-state index contributed by atoms with van der Waals surface area (Å²) in [5.74, 6) is 7.02. The van der Waals surface area contributed by atoms with Crippen LogP contribution in [0, 0.1) is 11.8 Å². The Hall–Kier alpha value is -2.58. The highest BCUT2D eigenvalue weighted by Gasteiger charge is 2.23. The molecule has 10 nitrogen and oxygen atoms in total. The summed E-state index contributed by atoms with van der Waals surface area (Å²) in [6.07, 6.45) is 5.14. The first kappa shape index (κ1) is 27.7. The first-order valence-corrected chi connectivity index (χ1v) is 11.0. The Kier molecular flexibility index (Phi) is 9.53. The van der Waals surface area contributed by atoms with Crippen LogP contribution in [0.2, 0.25) is 0 Å². The van der Waals surface area contributed by atoms with E-state index in [4.69, 9.17) is 20.1 Å². The molecule has 3 N–H and O–H groups in total. The number of aliphatic hydroxyl groups is 1. The predicted octanol–water partition coefficient (Wildman–Crippen LogP) is 2.91. The SMILES string of the molecule is CCn1c(-c2nonc2N)nc2c(C#CC(C)(C)O)ncc(OCCCN3CCCC3)c21.Cl.Cl. The molecule has 12 heteroatoms. The molecule has 0 atom stereocenters. The van der Waals surface area contributed by atoms with Crippen LogP contribution >= 0.6 is 24.8 Å². The lowest BCUT2D eigenvalue weighted by atomic mass is 10.1. The number of ether oxygens (including phenoxy) is 1. The normalized spacial score (nSPS) is 13.8. The van der Waals surface area contributed by atoms with Crippen LogP contribution in [0.3, 0.4) is 0 Å². The third-order valence-corrected chi connectivity index (χ3v) is 5.34. The van der Waals surface area contributed by atoms with E-state index in [0.29, 0.717) is 41.6 Å². The number of halogens is 2. The van der Waals surface area contributed by atoms with Gasteiger partial charge in [-0.3, -0.25) is 0 Å². The second-order valence-corrected chi connectivity index (χ2v) is 8.41. The van der Waals surface area contributed by atoms with Crippen LogP contribution in [0.25, 0.3) is 22.6 Å². The molecule has 0 aliphatic carbocycles. The summed E-state index contributed by atoms with van der Waals surface area (Å²) in [5, 5.41) is 17.6. The van der Waals surface area contributed by atoms with Crippen molar-refractivity contribution in [2.45, 2.75) is 52.2 Å². The molecule has 0 amide bonds. The van der Waals surface area contributed by atoms with Crippen molar-refractivity contribution in [3.63, 3.8) is 0 Å². The maximum Gasteiger partial charge on any atom is 0.199 e. The van der Waals surface area contributed by atoms with Crippen LogP contribution in [-0.4, -0.2) is 66.7 Å². The van der Waals surface area contributed by atoms with E-state index in [2.05, 4.69) is 32.0 Å². The summed E-state index contributed by atoms with van der Waals surface area (Å²) in [6, 6.07) is 0. The minimum atomic E-state index is -1.16. The average Bonchev–Trinajstić information content (AvgIpc) is 3.49. The second kappa shape index (κ2) is 11.7. The smallest absolute Gasteiger partial charge is 0.199 e. The molecule has 34 heavy (non-hydrogen) atoms. The average molecular weight is 512 g/mol. The fourth-order valence-electron chi connectivity index (χ4n) is 3.84. The summed E-state index contributed by atoms with van der Waals surface area (Å²) in [4.78, 5) is 11.7. The fourth-order valence-corrected chi connectivity index (χ4v) is 3.84. The lowest BCUT2D eigenvalue weighted by molar-refractivity contribution is 0.143. The molecule has 1 aliphatic rings. The number of nitrogens with zero attached hydrogens (tertiary/aromatic N) is 6. The van der Waals surface area contributed by atoms with Gasteiger partial charge in [0, 0.05) is 13.1 Å². The summed E-state index contributed by atoms with van der Waals surface area (Å²) < 4.78 is 12.9. The number of rotatable bonds is 7. The molecule has 0 unspecified atom stereocenters. The molecule has 186 valence electrons. The van der Waals surface area contributed by atoms with Crippen molar-refractivity contribution in [1.29, 1.82) is 0 Å². The molecule has 1 aliphatic heterocycles. The number of pyridine rings is 1. The maximum absolute atomic E-state index is 10.0. The molecule has 0 saturated carbocycles. The van der Waals surface area contributed by atoms with E-state index in [0.717, 1.165) is 18.5 Å². The molecular formula is C22H31Cl2N7O3. The van der Waals surface area contributed by atoms with E-state index in [1.165, 1.54) is 25.9 Å². The van der Waals surface area contributed by atoms with Crippen LogP contribution in [0.4, 0.5) is 5.82 Å². The first-order chi connectivity index (χ1) is 15.4. The van der Waals surface area contributed by atoms with Gasteiger partial charge in [0.1, 0.15) is 22.3 Å². The highest BCUT2D eigenvalue weighted by molar-refractivity contribution is 5.89. The Morgan fingerprint density at radius 1 is 1.24 bits per heavy atom. The van der Waals surface area contributed by atoms with E-state index in [-0.39, 0.29) is 30.6 Å². The summed E-state index contributed by atoms with van der Waals surface area (Å²) in [5.41, 5.74) is 6.87. The zero-order valence-corrected chi connectivity index (χ0v) is 21.2. The zero-order chi connectivity index (χ0) is 22.7. The van der Waals surface area contributed by atoms with Crippen LogP contribution in [0.15, 0.2) is 10.8 Å². The molecule has 0 aromatic carbocycles. The molecule has 3 aromatic heterocycles. The van der Waals surface area contributed by atoms with Gasteiger partial charge in [0.05, 0.1) is 12.8 Å². The van der Waals surface area contributed by atoms with E-state index < -0.39 is 5.60 Å². The van der Waals surface area contributed by atoms with Crippen molar-refractivity contribution in [1.82, 2.24) is 29.7 Å². The minimum Gasteiger partial charge on any atom is -0.490 e. The highest BCUT2D eigenvalue weighted by atomic mass is 35.5. The summed E-state index contributed by atoms with van der Waals surface area (Å²) >= 11 is 0. The van der Waals surface area contributed by atoms with Crippen molar-refractivity contribution in [2.24, 2.45) is 0 Å². The lowest BCUT2D eigenvalue weighted by Gasteiger charge is -2.15. The number of anilines is 1. The van der Waals surface area contributed by atoms with Crippen molar-refractivity contribution in [2.75, 3.05) is 32.0 Å². The van der Waals surface area contributed by atoms with Gasteiger partial charge in [-0.25, -0.2) is 14.6 Å². The van der Waals surface area contributed by atoms with Gasteiger partial charge in [-0.2, -0.15) is 0 Å². The van der Waals surface area contributed by atoms with E-state index in [1.807, 2.05) is 11.5 Å². The van der Waals surface area contributed by atoms with Gasteiger partial charge in [0.2, 0.25) is 0 Å². The number of likely N-dealkylation sites (tertiary alicyclic amines) is 1. The van der Waals surface area contributed by atoms with E-state index in [9.17, 15) is 5.11 Å². The number of fused-ring (bicyclic) bond motifs is 1. The van der Waals surface area contributed by atoms with Crippen molar-refractivity contribution >= 4 is 41.7 Å². The zero-order valence-electron chi connectivity index (χ0n) is 19.6. The molecule has 0 radical (unpaired) electrons. The largest absolute Gasteiger partial charge is 0.490 e. The van der Waals surface area contributed by atoms with Crippen molar-refractivity contribution in [3.8, 4) is 29.1 Å². The second-order valence-electron chi connectivity index (χ2n) is 8.41. The molecule has 3 aromatic rings. The minimum absolute atomic E-state index is 0. The number of aromatic nitrogens is 5. The third kappa shape index (κ3) is 6.10.